The molecule has 0 bridgehead atoms. The predicted molar refractivity (Wildman–Crippen MR) is 174 cm³/mol. The number of ether oxygens (including phenoxy) is 4. The van der Waals surface area contributed by atoms with Crippen molar-refractivity contribution < 1.29 is 28.5 Å². The molecule has 0 N–H and O–H groups in total. The maximum atomic E-state index is 13.8. The molecule has 232 valence electrons. The Morgan fingerprint density at radius 1 is 1.02 bits per heavy atom. The van der Waals surface area contributed by atoms with Crippen LogP contribution in [0.3, 0.4) is 0 Å². The van der Waals surface area contributed by atoms with Gasteiger partial charge in [-0.2, -0.15) is 0 Å². The zero-order valence-corrected chi connectivity index (χ0v) is 27.8. The van der Waals surface area contributed by atoms with E-state index in [1.165, 1.54) is 7.11 Å². The molecule has 2 aliphatic heterocycles. The Bertz CT molecular complexity index is 1310. The second-order valence-electron chi connectivity index (χ2n) is 11.6. The number of benzene rings is 2. The van der Waals surface area contributed by atoms with Crippen LogP contribution in [-0.2, 0) is 32.2 Å². The van der Waals surface area contributed by atoms with Crippen LogP contribution in [0.5, 0.6) is 5.75 Å². The molecule has 2 aromatic rings. The molecule has 0 spiro atoms. The number of allylic oxidation sites excluding steroid dienone is 1. The lowest BCUT2D eigenvalue weighted by Gasteiger charge is -2.41. The summed E-state index contributed by atoms with van der Waals surface area (Å²) >= 11 is 2.36. The molecule has 2 aromatic carbocycles. The number of hydrogen-bond donors (Lipinski definition) is 0. The van der Waals surface area contributed by atoms with Crippen molar-refractivity contribution in [2.24, 2.45) is 4.99 Å². The first-order valence-electron chi connectivity index (χ1n) is 14.6. The topological polar surface area (TPSA) is 89.9 Å². The Labute approximate surface area is 268 Å². The van der Waals surface area contributed by atoms with Gasteiger partial charge in [-0.15, -0.1) is 0 Å². The van der Waals surface area contributed by atoms with Gasteiger partial charge in [-0.3, -0.25) is 0 Å². The highest BCUT2D eigenvalue weighted by Gasteiger charge is 2.46. The van der Waals surface area contributed by atoms with Gasteiger partial charge in [0.25, 0.3) is 0 Å². The first-order valence-corrected chi connectivity index (χ1v) is 16.2. The van der Waals surface area contributed by atoms with E-state index in [0.29, 0.717) is 43.3 Å². The van der Waals surface area contributed by atoms with E-state index < -0.39 is 11.7 Å². The molecular weight excluding hydrogens is 661 g/mol. The van der Waals surface area contributed by atoms with Gasteiger partial charge in [0.2, 0.25) is 5.96 Å². The van der Waals surface area contributed by atoms with Crippen LogP contribution >= 0.6 is 22.6 Å². The summed E-state index contributed by atoms with van der Waals surface area (Å²) in [5, 5.41) is 0. The Morgan fingerprint density at radius 3 is 2.37 bits per heavy atom. The molecule has 0 aromatic heterocycles. The van der Waals surface area contributed by atoms with E-state index in [1.807, 2.05) is 75.4 Å². The average Bonchev–Trinajstić information content (AvgIpc) is 3.43. The molecule has 4 rings (SSSR count). The van der Waals surface area contributed by atoms with Crippen molar-refractivity contribution in [1.29, 1.82) is 0 Å². The standard InChI is InChI=1S/C33H42IN3O6/c1-33(2,3)43-32(39)36(21-23-13-16-26(40-4)17-14-23)31-35-27(12-9-19-42-22-24-10-7-6-8-11-24)29(30(38)41-5)28-18-15-25(20-34)37(28)31/h6-8,10-11,13-14,16-17,25,28H,9,12,15,18-22H2,1-5H3/t25-,28-/m1/s1. The highest BCUT2D eigenvalue weighted by Crippen LogP contribution is 2.38. The lowest BCUT2D eigenvalue weighted by molar-refractivity contribution is -0.136. The van der Waals surface area contributed by atoms with E-state index in [9.17, 15) is 9.59 Å². The third kappa shape index (κ3) is 8.50. The molecule has 2 heterocycles. The van der Waals surface area contributed by atoms with Crippen molar-refractivity contribution in [1.82, 2.24) is 9.80 Å². The molecule has 1 amide bonds. The first kappa shape index (κ1) is 32.8. The molecule has 0 radical (unpaired) electrons. The molecule has 0 unspecified atom stereocenters. The van der Waals surface area contributed by atoms with Crippen molar-refractivity contribution in [3.05, 3.63) is 77.0 Å². The van der Waals surface area contributed by atoms with E-state index in [1.54, 1.807) is 12.0 Å². The first-order chi connectivity index (χ1) is 20.6. The van der Waals surface area contributed by atoms with Gasteiger partial charge < -0.3 is 23.8 Å². The maximum Gasteiger partial charge on any atom is 0.417 e. The van der Waals surface area contributed by atoms with E-state index in [2.05, 4.69) is 27.5 Å². The molecular formula is C33H42IN3O6. The summed E-state index contributed by atoms with van der Waals surface area (Å²) in [4.78, 5) is 35.8. The monoisotopic (exact) mass is 703 g/mol. The lowest BCUT2D eigenvalue weighted by atomic mass is 9.98. The van der Waals surface area contributed by atoms with Gasteiger partial charge in [-0.1, -0.05) is 65.1 Å². The van der Waals surface area contributed by atoms with Crippen LogP contribution in [-0.4, -0.2) is 70.8 Å². The number of alkyl halides is 1. The number of guanidine groups is 1. The maximum absolute atomic E-state index is 13.8. The zero-order chi connectivity index (χ0) is 31.0. The highest BCUT2D eigenvalue weighted by molar-refractivity contribution is 14.1. The minimum atomic E-state index is -0.705. The Balaban J connectivity index is 1.68. The number of carbonyl (C=O) groups is 2. The van der Waals surface area contributed by atoms with E-state index in [0.717, 1.165) is 34.1 Å². The fourth-order valence-electron chi connectivity index (χ4n) is 5.36. The van der Waals surface area contributed by atoms with Crippen molar-refractivity contribution in [2.75, 3.05) is 25.3 Å². The van der Waals surface area contributed by atoms with Crippen LogP contribution in [0.4, 0.5) is 4.79 Å². The normalized spacial score (nSPS) is 18.2. The molecule has 1 fully saturated rings. The number of fused-ring (bicyclic) bond motifs is 1. The summed E-state index contributed by atoms with van der Waals surface area (Å²) in [6, 6.07) is 17.5. The van der Waals surface area contributed by atoms with Crippen LogP contribution in [0.2, 0.25) is 0 Å². The van der Waals surface area contributed by atoms with Crippen LogP contribution in [0.15, 0.2) is 70.9 Å². The van der Waals surface area contributed by atoms with Gasteiger partial charge >= 0.3 is 12.1 Å². The second-order valence-corrected chi connectivity index (χ2v) is 12.5. The van der Waals surface area contributed by atoms with Gasteiger partial charge in [0.15, 0.2) is 0 Å². The summed E-state index contributed by atoms with van der Waals surface area (Å²) in [6.07, 6.45) is 2.30. The molecule has 43 heavy (non-hydrogen) atoms. The smallest absolute Gasteiger partial charge is 0.417 e. The van der Waals surface area contributed by atoms with E-state index >= 15 is 0 Å². The number of amides is 1. The number of nitrogens with zero attached hydrogens (tertiary/aromatic N) is 3. The summed E-state index contributed by atoms with van der Waals surface area (Å²) < 4.78 is 23.2. The largest absolute Gasteiger partial charge is 0.497 e. The van der Waals surface area contributed by atoms with Crippen molar-refractivity contribution >= 4 is 40.6 Å². The zero-order valence-electron chi connectivity index (χ0n) is 25.7. The molecule has 1 saturated heterocycles. The van der Waals surface area contributed by atoms with Crippen LogP contribution in [0.25, 0.3) is 0 Å². The fourth-order valence-corrected chi connectivity index (χ4v) is 6.22. The van der Waals surface area contributed by atoms with E-state index in [4.69, 9.17) is 23.9 Å². The van der Waals surface area contributed by atoms with Crippen LogP contribution in [0.1, 0.15) is 57.6 Å². The van der Waals surface area contributed by atoms with Crippen molar-refractivity contribution in [2.45, 2.75) is 77.3 Å². The highest BCUT2D eigenvalue weighted by atomic mass is 127. The Morgan fingerprint density at radius 2 is 1.74 bits per heavy atom. The number of halogens is 1. The minimum Gasteiger partial charge on any atom is -0.497 e. The molecule has 2 atom stereocenters. The summed E-state index contributed by atoms with van der Waals surface area (Å²) in [5.74, 6) is 0.850. The molecule has 0 aliphatic carbocycles. The van der Waals surface area contributed by atoms with Crippen LogP contribution in [0, 0.1) is 0 Å². The number of rotatable bonds is 11. The summed E-state index contributed by atoms with van der Waals surface area (Å²) in [7, 11) is 3.02. The lowest BCUT2D eigenvalue weighted by Crippen LogP contribution is -2.55. The third-order valence-electron chi connectivity index (χ3n) is 7.36. The SMILES string of the molecule is COC(=O)C1=C(CCCOCc2ccccc2)N=C(N(Cc2ccc(OC)cc2)C(=O)OC(C)(C)C)N2[C@@H](CI)CC[C@H]12. The van der Waals surface area contributed by atoms with Gasteiger partial charge in [-0.05, 0) is 69.7 Å². The number of methoxy groups -OCH3 is 2. The third-order valence-corrected chi connectivity index (χ3v) is 8.38. The Hall–Kier alpha value is -3.12. The molecule has 0 saturated carbocycles. The number of aliphatic imine (C=N–C) groups is 1. The predicted octanol–water partition coefficient (Wildman–Crippen LogP) is 6.49. The van der Waals surface area contributed by atoms with Gasteiger partial charge in [0.05, 0.1) is 44.7 Å². The quantitative estimate of drug-likeness (QED) is 0.114. The Kier molecular flexibility index (Phi) is 11.5. The van der Waals surface area contributed by atoms with Crippen molar-refractivity contribution in [3.8, 4) is 5.75 Å². The fraction of sp³-hybridized carbons (Fsp3) is 0.485. The second kappa shape index (κ2) is 15.1. The number of esters is 1. The molecule has 10 heteroatoms. The van der Waals surface area contributed by atoms with Crippen molar-refractivity contribution in [3.63, 3.8) is 0 Å². The van der Waals surface area contributed by atoms with Crippen LogP contribution < -0.4 is 4.74 Å². The van der Waals surface area contributed by atoms with Gasteiger partial charge in [0.1, 0.15) is 11.4 Å². The van der Waals surface area contributed by atoms with Gasteiger partial charge in [0, 0.05) is 17.1 Å². The average molecular weight is 704 g/mol. The number of hydrogen-bond acceptors (Lipinski definition) is 8. The summed E-state index contributed by atoms with van der Waals surface area (Å²) in [6.45, 7) is 6.81. The summed E-state index contributed by atoms with van der Waals surface area (Å²) in [5.41, 5.74) is 2.49. The molecule has 9 nitrogen and oxygen atoms in total. The van der Waals surface area contributed by atoms with Gasteiger partial charge in [-0.25, -0.2) is 19.5 Å². The number of carbonyl (C=O) groups excluding carboxylic acids is 2. The minimum absolute atomic E-state index is 0.0977. The van der Waals surface area contributed by atoms with E-state index in [-0.39, 0.29) is 24.6 Å². The molecule has 2 aliphatic rings.